The molecule has 0 saturated carbocycles. The highest BCUT2D eigenvalue weighted by atomic mass is 16.4. The molecular formula is C7H12N2O2. The normalized spacial score (nSPS) is 26.0. The fourth-order valence-corrected chi connectivity index (χ4v) is 1.55. The zero-order valence-corrected chi connectivity index (χ0v) is 6.36. The zero-order valence-electron chi connectivity index (χ0n) is 6.36. The molecule has 2 rings (SSSR count). The lowest BCUT2D eigenvalue weighted by Gasteiger charge is -2.47. The quantitative estimate of drug-likeness (QED) is 0.583. The van der Waals surface area contributed by atoms with Gasteiger partial charge in [0, 0.05) is 19.1 Å². The van der Waals surface area contributed by atoms with Crippen LogP contribution in [0.2, 0.25) is 0 Å². The van der Waals surface area contributed by atoms with E-state index in [9.17, 15) is 4.79 Å². The van der Waals surface area contributed by atoms with Gasteiger partial charge in [-0.05, 0) is 19.5 Å². The number of rotatable bonds is 1. The summed E-state index contributed by atoms with van der Waals surface area (Å²) in [5.74, 6) is 0. The van der Waals surface area contributed by atoms with Crippen LogP contribution in [0.1, 0.15) is 6.42 Å². The molecular weight excluding hydrogens is 144 g/mol. The second-order valence-corrected chi connectivity index (χ2v) is 3.23. The molecule has 4 nitrogen and oxygen atoms in total. The second kappa shape index (κ2) is 2.37. The van der Waals surface area contributed by atoms with Crippen LogP contribution in [0.3, 0.4) is 0 Å². The molecule has 0 aromatic heterocycles. The van der Waals surface area contributed by atoms with E-state index < -0.39 is 6.09 Å². The molecule has 2 aliphatic heterocycles. The highest BCUT2D eigenvalue weighted by Crippen LogP contribution is 2.19. The van der Waals surface area contributed by atoms with E-state index in [2.05, 4.69) is 4.90 Å². The third kappa shape index (κ3) is 1.07. The molecule has 0 aromatic carbocycles. The Kier molecular flexibility index (Phi) is 1.49. The number of nitrogens with zero attached hydrogens (tertiary/aromatic N) is 2. The van der Waals surface area contributed by atoms with Crippen molar-refractivity contribution in [3.63, 3.8) is 0 Å². The Balaban J connectivity index is 1.74. The summed E-state index contributed by atoms with van der Waals surface area (Å²) in [6.07, 6.45) is 0.505. The van der Waals surface area contributed by atoms with Gasteiger partial charge in [-0.25, -0.2) is 4.79 Å². The van der Waals surface area contributed by atoms with E-state index in [4.69, 9.17) is 5.11 Å². The molecule has 0 aliphatic carbocycles. The van der Waals surface area contributed by atoms with Gasteiger partial charge in [-0.2, -0.15) is 0 Å². The molecule has 0 spiro atoms. The van der Waals surface area contributed by atoms with Gasteiger partial charge >= 0.3 is 6.09 Å². The molecule has 0 radical (unpaired) electrons. The van der Waals surface area contributed by atoms with Crippen molar-refractivity contribution in [1.82, 2.24) is 9.80 Å². The minimum absolute atomic E-state index is 0.528. The summed E-state index contributed by atoms with van der Waals surface area (Å²) in [7, 11) is 0. The average molecular weight is 156 g/mol. The Hall–Kier alpha value is -0.770. The monoisotopic (exact) mass is 156 g/mol. The SMILES string of the molecule is O=C(O)N1CC(N2CCC2)C1. The lowest BCUT2D eigenvalue weighted by atomic mass is 10.0. The fourth-order valence-electron chi connectivity index (χ4n) is 1.55. The number of hydrogen-bond donors (Lipinski definition) is 1. The van der Waals surface area contributed by atoms with Crippen molar-refractivity contribution in [2.45, 2.75) is 12.5 Å². The molecule has 2 fully saturated rings. The highest BCUT2D eigenvalue weighted by Gasteiger charge is 2.36. The summed E-state index contributed by atoms with van der Waals surface area (Å²) in [6, 6.07) is 0.528. The molecule has 0 aromatic rings. The lowest BCUT2D eigenvalue weighted by Crippen LogP contribution is -2.63. The van der Waals surface area contributed by atoms with Crippen molar-refractivity contribution in [3.05, 3.63) is 0 Å². The van der Waals surface area contributed by atoms with E-state index in [1.54, 1.807) is 0 Å². The Labute approximate surface area is 65.4 Å². The van der Waals surface area contributed by atoms with Crippen molar-refractivity contribution in [2.24, 2.45) is 0 Å². The summed E-state index contributed by atoms with van der Waals surface area (Å²) >= 11 is 0. The maximum atomic E-state index is 10.4. The Morgan fingerprint density at radius 2 is 2.00 bits per heavy atom. The maximum absolute atomic E-state index is 10.4. The van der Waals surface area contributed by atoms with Crippen molar-refractivity contribution >= 4 is 6.09 Å². The van der Waals surface area contributed by atoms with Gasteiger partial charge in [0.05, 0.1) is 0 Å². The number of hydrogen-bond acceptors (Lipinski definition) is 2. The van der Waals surface area contributed by atoms with Gasteiger partial charge in [-0.1, -0.05) is 0 Å². The first kappa shape index (κ1) is 6.91. The van der Waals surface area contributed by atoms with E-state index >= 15 is 0 Å². The van der Waals surface area contributed by atoms with Gasteiger partial charge < -0.3 is 10.0 Å². The van der Waals surface area contributed by atoms with Crippen molar-refractivity contribution < 1.29 is 9.90 Å². The zero-order chi connectivity index (χ0) is 7.84. The van der Waals surface area contributed by atoms with Crippen LogP contribution in [0.15, 0.2) is 0 Å². The molecule has 0 bridgehead atoms. The van der Waals surface area contributed by atoms with E-state index in [0.29, 0.717) is 6.04 Å². The van der Waals surface area contributed by atoms with Crippen molar-refractivity contribution in [2.75, 3.05) is 26.2 Å². The molecule has 11 heavy (non-hydrogen) atoms. The minimum Gasteiger partial charge on any atom is -0.465 e. The van der Waals surface area contributed by atoms with Gasteiger partial charge in [-0.3, -0.25) is 4.90 Å². The van der Waals surface area contributed by atoms with Crippen LogP contribution in [-0.4, -0.2) is 53.2 Å². The average Bonchev–Trinajstić information content (AvgIpc) is 1.70. The predicted molar refractivity (Wildman–Crippen MR) is 39.6 cm³/mol. The number of likely N-dealkylation sites (tertiary alicyclic amines) is 2. The van der Waals surface area contributed by atoms with Crippen LogP contribution >= 0.6 is 0 Å². The topological polar surface area (TPSA) is 43.8 Å². The molecule has 4 heteroatoms. The molecule has 0 atom stereocenters. The molecule has 1 N–H and O–H groups in total. The summed E-state index contributed by atoms with van der Waals surface area (Å²) in [6.45, 7) is 3.76. The number of amides is 1. The van der Waals surface area contributed by atoms with Crippen LogP contribution in [0.25, 0.3) is 0 Å². The van der Waals surface area contributed by atoms with Crippen LogP contribution in [-0.2, 0) is 0 Å². The standard InChI is InChI=1S/C7H12N2O2/c10-7(11)9-4-6(5-9)8-2-1-3-8/h6H,1-5H2,(H,10,11). The molecule has 2 heterocycles. The molecule has 2 aliphatic rings. The Morgan fingerprint density at radius 1 is 1.36 bits per heavy atom. The molecule has 62 valence electrons. The number of carboxylic acid groups (broad SMARTS) is 1. The van der Waals surface area contributed by atoms with Crippen LogP contribution < -0.4 is 0 Å². The van der Waals surface area contributed by atoms with Crippen LogP contribution in [0, 0.1) is 0 Å². The van der Waals surface area contributed by atoms with Gasteiger partial charge in [0.1, 0.15) is 0 Å². The first-order valence-electron chi connectivity index (χ1n) is 3.99. The fraction of sp³-hybridized carbons (Fsp3) is 0.857. The summed E-state index contributed by atoms with van der Waals surface area (Å²) < 4.78 is 0. The molecule has 1 amide bonds. The van der Waals surface area contributed by atoms with Gasteiger partial charge in [-0.15, -0.1) is 0 Å². The van der Waals surface area contributed by atoms with Crippen LogP contribution in [0.5, 0.6) is 0 Å². The van der Waals surface area contributed by atoms with E-state index in [1.807, 2.05) is 0 Å². The van der Waals surface area contributed by atoms with Gasteiger partial charge in [0.15, 0.2) is 0 Å². The highest BCUT2D eigenvalue weighted by molar-refractivity contribution is 5.66. The summed E-state index contributed by atoms with van der Waals surface area (Å²) in [5.41, 5.74) is 0. The number of carbonyl (C=O) groups is 1. The smallest absolute Gasteiger partial charge is 0.407 e. The van der Waals surface area contributed by atoms with E-state index in [1.165, 1.54) is 11.3 Å². The molecule has 2 saturated heterocycles. The largest absolute Gasteiger partial charge is 0.465 e. The Bertz CT molecular complexity index is 173. The second-order valence-electron chi connectivity index (χ2n) is 3.23. The predicted octanol–water partition coefficient (Wildman–Crippen LogP) is 0.0543. The maximum Gasteiger partial charge on any atom is 0.407 e. The summed E-state index contributed by atoms with van der Waals surface area (Å²) in [5, 5.41) is 8.53. The third-order valence-electron chi connectivity index (χ3n) is 2.54. The minimum atomic E-state index is -0.776. The van der Waals surface area contributed by atoms with Gasteiger partial charge in [0.2, 0.25) is 0 Å². The van der Waals surface area contributed by atoms with Gasteiger partial charge in [0.25, 0.3) is 0 Å². The Morgan fingerprint density at radius 3 is 2.36 bits per heavy atom. The van der Waals surface area contributed by atoms with E-state index in [-0.39, 0.29) is 0 Å². The van der Waals surface area contributed by atoms with Crippen molar-refractivity contribution in [3.8, 4) is 0 Å². The summed E-state index contributed by atoms with van der Waals surface area (Å²) in [4.78, 5) is 14.2. The first-order valence-corrected chi connectivity index (χ1v) is 3.99. The third-order valence-corrected chi connectivity index (χ3v) is 2.54. The lowest BCUT2D eigenvalue weighted by molar-refractivity contribution is 0.00709. The van der Waals surface area contributed by atoms with Crippen molar-refractivity contribution in [1.29, 1.82) is 0 Å². The first-order chi connectivity index (χ1) is 5.27. The van der Waals surface area contributed by atoms with E-state index in [0.717, 1.165) is 26.2 Å². The van der Waals surface area contributed by atoms with Crippen LogP contribution in [0.4, 0.5) is 4.79 Å². The molecule has 0 unspecified atom stereocenters.